The second-order valence-electron chi connectivity index (χ2n) is 4.30. The van der Waals surface area contributed by atoms with E-state index in [2.05, 4.69) is 9.82 Å². The molecule has 0 bridgehead atoms. The van der Waals surface area contributed by atoms with Gasteiger partial charge in [0, 0.05) is 18.8 Å². The van der Waals surface area contributed by atoms with Crippen molar-refractivity contribution in [3.05, 3.63) is 42.1 Å². The second-order valence-corrected chi connectivity index (χ2v) is 5.96. The van der Waals surface area contributed by atoms with Crippen LogP contribution >= 0.6 is 0 Å². The Morgan fingerprint density at radius 1 is 1.26 bits per heavy atom. The first-order valence-electron chi connectivity index (χ1n) is 5.76. The predicted octanol–water partition coefficient (Wildman–Crippen LogP) is 1.04. The SMILES string of the molecule is CC(NS(=O)(=O)c1ccnn1C)c1ccc(N)cc1. The summed E-state index contributed by atoms with van der Waals surface area (Å²) in [5.74, 6) is 0. The molecule has 1 aromatic heterocycles. The Kier molecular flexibility index (Phi) is 3.59. The van der Waals surface area contributed by atoms with Gasteiger partial charge >= 0.3 is 0 Å². The van der Waals surface area contributed by atoms with Gasteiger partial charge in [-0.1, -0.05) is 12.1 Å². The second kappa shape index (κ2) is 5.02. The zero-order valence-electron chi connectivity index (χ0n) is 10.7. The molecule has 0 fully saturated rings. The number of anilines is 1. The van der Waals surface area contributed by atoms with Gasteiger partial charge in [-0.05, 0) is 30.7 Å². The Balaban J connectivity index is 2.21. The van der Waals surface area contributed by atoms with Gasteiger partial charge in [-0.2, -0.15) is 5.10 Å². The van der Waals surface area contributed by atoms with Crippen molar-refractivity contribution >= 4 is 15.7 Å². The largest absolute Gasteiger partial charge is 0.399 e. The van der Waals surface area contributed by atoms with Crippen LogP contribution in [0.1, 0.15) is 18.5 Å². The van der Waals surface area contributed by atoms with Crippen LogP contribution in [0.2, 0.25) is 0 Å². The third-order valence-electron chi connectivity index (χ3n) is 2.82. The Labute approximate surface area is 112 Å². The van der Waals surface area contributed by atoms with Gasteiger partial charge in [-0.3, -0.25) is 4.68 Å². The summed E-state index contributed by atoms with van der Waals surface area (Å²) in [6.45, 7) is 1.78. The van der Waals surface area contributed by atoms with Crippen molar-refractivity contribution in [1.29, 1.82) is 0 Å². The Morgan fingerprint density at radius 2 is 1.89 bits per heavy atom. The highest BCUT2D eigenvalue weighted by atomic mass is 32.2. The zero-order valence-corrected chi connectivity index (χ0v) is 11.6. The van der Waals surface area contributed by atoms with E-state index in [0.29, 0.717) is 5.69 Å². The standard InChI is InChI=1S/C12H16N4O2S/c1-9(10-3-5-11(13)6-4-10)15-19(17,18)12-7-8-14-16(12)2/h3-9,15H,13H2,1-2H3. The van der Waals surface area contributed by atoms with Crippen molar-refractivity contribution in [2.24, 2.45) is 7.05 Å². The van der Waals surface area contributed by atoms with E-state index in [1.807, 2.05) is 0 Å². The minimum atomic E-state index is -3.59. The summed E-state index contributed by atoms with van der Waals surface area (Å²) in [5.41, 5.74) is 7.09. The fourth-order valence-corrected chi connectivity index (χ4v) is 3.13. The average Bonchev–Trinajstić information content (AvgIpc) is 2.76. The van der Waals surface area contributed by atoms with Crippen LogP contribution < -0.4 is 10.5 Å². The number of benzene rings is 1. The molecule has 3 N–H and O–H groups in total. The van der Waals surface area contributed by atoms with Crippen molar-refractivity contribution in [3.63, 3.8) is 0 Å². The number of rotatable bonds is 4. The molecule has 1 heterocycles. The molecule has 6 nitrogen and oxygen atoms in total. The maximum absolute atomic E-state index is 12.2. The van der Waals surface area contributed by atoms with Crippen LogP contribution in [0.5, 0.6) is 0 Å². The summed E-state index contributed by atoms with van der Waals surface area (Å²) in [6, 6.07) is 8.18. The number of hydrogen-bond donors (Lipinski definition) is 2. The minimum absolute atomic E-state index is 0.134. The molecular formula is C12H16N4O2S. The first kappa shape index (κ1) is 13.6. The number of nitrogens with one attached hydrogen (secondary N) is 1. The smallest absolute Gasteiger partial charge is 0.258 e. The van der Waals surface area contributed by atoms with Gasteiger partial charge in [-0.15, -0.1) is 0 Å². The molecule has 0 aliphatic heterocycles. The number of aryl methyl sites for hydroxylation is 1. The predicted molar refractivity (Wildman–Crippen MR) is 72.8 cm³/mol. The van der Waals surface area contributed by atoms with E-state index in [1.165, 1.54) is 16.9 Å². The van der Waals surface area contributed by atoms with Crippen LogP contribution in [0.15, 0.2) is 41.6 Å². The lowest BCUT2D eigenvalue weighted by molar-refractivity contribution is 0.550. The van der Waals surface area contributed by atoms with E-state index in [9.17, 15) is 8.42 Å². The van der Waals surface area contributed by atoms with Crippen LogP contribution in [-0.2, 0) is 17.1 Å². The summed E-state index contributed by atoms with van der Waals surface area (Å²) < 4.78 is 28.3. The quantitative estimate of drug-likeness (QED) is 0.819. The summed E-state index contributed by atoms with van der Waals surface area (Å²) in [4.78, 5) is 0. The van der Waals surface area contributed by atoms with E-state index in [-0.39, 0.29) is 11.1 Å². The molecule has 2 rings (SSSR count). The molecule has 2 aromatic rings. The van der Waals surface area contributed by atoms with Crippen LogP contribution in [0.25, 0.3) is 0 Å². The van der Waals surface area contributed by atoms with Crippen LogP contribution in [0.3, 0.4) is 0 Å². The Bertz CT molecular complexity index is 661. The highest BCUT2D eigenvalue weighted by Gasteiger charge is 2.21. The van der Waals surface area contributed by atoms with Gasteiger partial charge in [-0.25, -0.2) is 13.1 Å². The van der Waals surface area contributed by atoms with E-state index in [0.717, 1.165) is 5.56 Å². The number of nitrogens with zero attached hydrogens (tertiary/aromatic N) is 2. The van der Waals surface area contributed by atoms with E-state index >= 15 is 0 Å². The summed E-state index contributed by atoms with van der Waals surface area (Å²) in [5, 5.41) is 3.99. The third-order valence-corrected chi connectivity index (χ3v) is 4.43. The topological polar surface area (TPSA) is 90.0 Å². The zero-order chi connectivity index (χ0) is 14.0. The summed E-state index contributed by atoms with van der Waals surface area (Å²) in [7, 11) is -2.00. The van der Waals surface area contributed by atoms with Crippen LogP contribution in [0, 0.1) is 0 Å². The number of nitrogens with two attached hydrogens (primary N) is 1. The van der Waals surface area contributed by atoms with Crippen LogP contribution in [-0.4, -0.2) is 18.2 Å². The number of aromatic nitrogens is 2. The highest BCUT2D eigenvalue weighted by molar-refractivity contribution is 7.89. The summed E-state index contributed by atoms with van der Waals surface area (Å²) in [6.07, 6.45) is 1.45. The fraction of sp³-hybridized carbons (Fsp3) is 0.250. The fourth-order valence-electron chi connectivity index (χ4n) is 1.77. The molecule has 7 heteroatoms. The van der Waals surface area contributed by atoms with E-state index in [4.69, 9.17) is 5.73 Å². The molecule has 0 amide bonds. The number of sulfonamides is 1. The molecule has 1 atom stereocenters. The van der Waals surface area contributed by atoms with Gasteiger partial charge < -0.3 is 5.73 Å². The monoisotopic (exact) mass is 280 g/mol. The molecule has 1 aromatic carbocycles. The first-order valence-corrected chi connectivity index (χ1v) is 7.24. The van der Waals surface area contributed by atoms with Crippen molar-refractivity contribution in [2.45, 2.75) is 18.0 Å². The van der Waals surface area contributed by atoms with E-state index in [1.54, 1.807) is 38.2 Å². The van der Waals surface area contributed by atoms with Crippen molar-refractivity contribution in [3.8, 4) is 0 Å². The highest BCUT2D eigenvalue weighted by Crippen LogP contribution is 2.17. The van der Waals surface area contributed by atoms with Gasteiger partial charge in [0.25, 0.3) is 10.0 Å². The van der Waals surface area contributed by atoms with Gasteiger partial charge in [0.1, 0.15) is 0 Å². The average molecular weight is 280 g/mol. The van der Waals surface area contributed by atoms with E-state index < -0.39 is 10.0 Å². The normalized spacial score (nSPS) is 13.4. The van der Waals surface area contributed by atoms with Gasteiger partial charge in [0.15, 0.2) is 5.03 Å². The maximum Gasteiger partial charge on any atom is 0.258 e. The summed E-state index contributed by atoms with van der Waals surface area (Å²) >= 11 is 0. The lowest BCUT2D eigenvalue weighted by atomic mass is 10.1. The molecule has 0 aliphatic carbocycles. The molecule has 0 aliphatic rings. The molecule has 0 radical (unpaired) electrons. The molecule has 1 unspecified atom stereocenters. The lowest BCUT2D eigenvalue weighted by Gasteiger charge is -2.14. The molecular weight excluding hydrogens is 264 g/mol. The van der Waals surface area contributed by atoms with Crippen molar-refractivity contribution < 1.29 is 8.42 Å². The third kappa shape index (κ3) is 2.94. The number of hydrogen-bond acceptors (Lipinski definition) is 4. The Hall–Kier alpha value is -1.86. The molecule has 0 saturated heterocycles. The van der Waals surface area contributed by atoms with Crippen LogP contribution in [0.4, 0.5) is 5.69 Å². The first-order chi connectivity index (χ1) is 8.90. The minimum Gasteiger partial charge on any atom is -0.399 e. The van der Waals surface area contributed by atoms with Crippen molar-refractivity contribution in [1.82, 2.24) is 14.5 Å². The number of nitrogen functional groups attached to an aromatic ring is 1. The lowest BCUT2D eigenvalue weighted by Crippen LogP contribution is -2.28. The maximum atomic E-state index is 12.2. The van der Waals surface area contributed by atoms with Gasteiger partial charge in [0.2, 0.25) is 0 Å². The van der Waals surface area contributed by atoms with Gasteiger partial charge in [0.05, 0.1) is 6.20 Å². The molecule has 0 saturated carbocycles. The molecule has 0 spiro atoms. The van der Waals surface area contributed by atoms with Crippen molar-refractivity contribution in [2.75, 3.05) is 5.73 Å². The Morgan fingerprint density at radius 3 is 2.42 bits per heavy atom. The molecule has 19 heavy (non-hydrogen) atoms. The molecule has 102 valence electrons.